The van der Waals surface area contributed by atoms with Crippen molar-refractivity contribution in [2.24, 2.45) is 5.92 Å². The van der Waals surface area contributed by atoms with E-state index in [1.54, 1.807) is 12.1 Å². The van der Waals surface area contributed by atoms with Gasteiger partial charge >= 0.3 is 5.97 Å². The summed E-state index contributed by atoms with van der Waals surface area (Å²) in [5.41, 5.74) is 4.57. The molecule has 1 aliphatic rings. The Morgan fingerprint density at radius 2 is 1.96 bits per heavy atom. The van der Waals surface area contributed by atoms with Gasteiger partial charge in [0.2, 0.25) is 0 Å². The van der Waals surface area contributed by atoms with Crippen LogP contribution in [0.1, 0.15) is 40.5 Å². The van der Waals surface area contributed by atoms with Gasteiger partial charge in [0.1, 0.15) is 6.61 Å². The van der Waals surface area contributed by atoms with E-state index in [0.717, 1.165) is 47.0 Å². The first-order valence-corrected chi connectivity index (χ1v) is 9.31. The molecule has 3 nitrogen and oxygen atoms in total. The van der Waals surface area contributed by atoms with E-state index in [1.807, 2.05) is 36.4 Å². The van der Waals surface area contributed by atoms with Crippen molar-refractivity contribution in [3.63, 3.8) is 0 Å². The second-order valence-electron chi connectivity index (χ2n) is 6.98. The summed E-state index contributed by atoms with van der Waals surface area (Å²) in [6.07, 6.45) is 2.90. The van der Waals surface area contributed by atoms with E-state index in [0.29, 0.717) is 16.5 Å². The molecule has 1 heterocycles. The van der Waals surface area contributed by atoms with Crippen molar-refractivity contribution in [3.05, 3.63) is 75.9 Å². The van der Waals surface area contributed by atoms with Crippen molar-refractivity contribution >= 4 is 28.5 Å². The maximum Gasteiger partial charge on any atom is 0.339 e. The predicted octanol–water partition coefficient (Wildman–Crippen LogP) is 5.37. The van der Waals surface area contributed by atoms with Crippen LogP contribution < -0.4 is 0 Å². The van der Waals surface area contributed by atoms with Gasteiger partial charge in [-0.3, -0.25) is 4.98 Å². The van der Waals surface area contributed by atoms with Gasteiger partial charge in [-0.15, -0.1) is 0 Å². The number of esters is 1. The van der Waals surface area contributed by atoms with Crippen LogP contribution in [-0.4, -0.2) is 11.0 Å². The number of ether oxygens (including phenoxy) is 1. The van der Waals surface area contributed by atoms with Crippen LogP contribution in [0.5, 0.6) is 0 Å². The number of pyridine rings is 1. The lowest BCUT2D eigenvalue weighted by Gasteiger charge is -2.24. The van der Waals surface area contributed by atoms with Crippen LogP contribution in [0.3, 0.4) is 0 Å². The minimum absolute atomic E-state index is 0.233. The molecule has 1 atom stereocenters. The molecule has 1 aromatic heterocycles. The minimum Gasteiger partial charge on any atom is -0.457 e. The maximum absolute atomic E-state index is 13.0. The summed E-state index contributed by atoms with van der Waals surface area (Å²) >= 11 is 5.91. The highest BCUT2D eigenvalue weighted by Gasteiger charge is 2.26. The Morgan fingerprint density at radius 1 is 1.19 bits per heavy atom. The topological polar surface area (TPSA) is 39.2 Å². The summed E-state index contributed by atoms with van der Waals surface area (Å²) in [6.45, 7) is 2.46. The quantitative estimate of drug-likeness (QED) is 0.586. The number of rotatable bonds is 3. The molecule has 0 N–H and O–H groups in total. The van der Waals surface area contributed by atoms with Crippen molar-refractivity contribution in [1.29, 1.82) is 0 Å². The molecule has 0 radical (unpaired) electrons. The first-order valence-electron chi connectivity index (χ1n) is 8.94. The maximum atomic E-state index is 13.0. The van der Waals surface area contributed by atoms with E-state index in [4.69, 9.17) is 21.3 Å². The third kappa shape index (κ3) is 3.32. The summed E-state index contributed by atoms with van der Waals surface area (Å²) < 4.78 is 5.65. The minimum atomic E-state index is -0.274. The molecule has 2 aromatic carbocycles. The van der Waals surface area contributed by atoms with E-state index in [9.17, 15) is 4.79 Å². The third-order valence-corrected chi connectivity index (χ3v) is 5.24. The molecule has 0 amide bonds. The Balaban J connectivity index is 1.70. The monoisotopic (exact) mass is 365 g/mol. The van der Waals surface area contributed by atoms with Crippen molar-refractivity contribution in [1.82, 2.24) is 4.98 Å². The molecule has 4 rings (SSSR count). The van der Waals surface area contributed by atoms with E-state index in [-0.39, 0.29) is 12.6 Å². The number of hydrogen-bond acceptors (Lipinski definition) is 3. The van der Waals surface area contributed by atoms with Gasteiger partial charge in [-0.05, 0) is 54.5 Å². The van der Waals surface area contributed by atoms with Crippen LogP contribution >= 0.6 is 11.6 Å². The van der Waals surface area contributed by atoms with Crippen molar-refractivity contribution < 1.29 is 9.53 Å². The van der Waals surface area contributed by atoms with Crippen molar-refractivity contribution in [2.75, 3.05) is 0 Å². The average Bonchev–Trinajstić information content (AvgIpc) is 2.65. The average molecular weight is 366 g/mol. The molecule has 4 heteroatoms. The molecule has 0 bridgehead atoms. The largest absolute Gasteiger partial charge is 0.457 e. The van der Waals surface area contributed by atoms with Gasteiger partial charge in [0.25, 0.3) is 0 Å². The molecule has 3 aromatic rings. The number of aromatic nitrogens is 1. The van der Waals surface area contributed by atoms with Crippen LogP contribution in [0, 0.1) is 5.92 Å². The SMILES string of the molecule is C[C@H]1CCc2nc3ccccc3c(C(=O)OCc3ccc(Cl)cc3)c2C1. The number of hydrogen-bond donors (Lipinski definition) is 0. The zero-order valence-electron chi connectivity index (χ0n) is 14.7. The standard InChI is InChI=1S/C22H20ClNO2/c1-14-6-11-20-18(12-14)21(17-4-2-3-5-19(17)24-20)22(25)26-13-15-7-9-16(23)10-8-15/h2-5,7-10,14H,6,11-13H2,1H3/t14-/m0/s1. The first-order chi connectivity index (χ1) is 12.6. The first kappa shape index (κ1) is 17.0. The van der Waals surface area contributed by atoms with Crippen molar-refractivity contribution in [2.45, 2.75) is 32.8 Å². The predicted molar refractivity (Wildman–Crippen MR) is 104 cm³/mol. The Morgan fingerprint density at radius 3 is 2.77 bits per heavy atom. The lowest BCUT2D eigenvalue weighted by atomic mass is 9.84. The molecular formula is C22H20ClNO2. The molecule has 0 aliphatic heterocycles. The fraction of sp³-hybridized carbons (Fsp3) is 0.273. The fourth-order valence-corrected chi connectivity index (χ4v) is 3.72. The number of fused-ring (bicyclic) bond motifs is 2. The number of halogens is 1. The number of aryl methyl sites for hydroxylation is 1. The summed E-state index contributed by atoms with van der Waals surface area (Å²) in [5.74, 6) is 0.275. The fourth-order valence-electron chi connectivity index (χ4n) is 3.60. The van der Waals surface area contributed by atoms with Crippen LogP contribution in [0.25, 0.3) is 10.9 Å². The summed E-state index contributed by atoms with van der Waals surface area (Å²) in [6, 6.07) is 15.2. The molecule has 0 saturated heterocycles. The van der Waals surface area contributed by atoms with Gasteiger partial charge in [0.15, 0.2) is 0 Å². The van der Waals surface area contributed by atoms with E-state index >= 15 is 0 Å². The van der Waals surface area contributed by atoms with Crippen molar-refractivity contribution in [3.8, 4) is 0 Å². The molecule has 26 heavy (non-hydrogen) atoms. The third-order valence-electron chi connectivity index (χ3n) is 4.99. The van der Waals surface area contributed by atoms with E-state index in [2.05, 4.69) is 6.92 Å². The second kappa shape index (κ2) is 7.08. The zero-order valence-corrected chi connectivity index (χ0v) is 15.4. The highest BCUT2D eigenvalue weighted by atomic mass is 35.5. The van der Waals surface area contributed by atoms with Gasteiger partial charge in [-0.25, -0.2) is 4.79 Å². The van der Waals surface area contributed by atoms with Crippen LogP contribution in [-0.2, 0) is 24.2 Å². The molecule has 0 fully saturated rings. The summed E-state index contributed by atoms with van der Waals surface area (Å²) in [5, 5.41) is 1.55. The van der Waals surface area contributed by atoms with Crippen LogP contribution in [0.15, 0.2) is 48.5 Å². The highest BCUT2D eigenvalue weighted by Crippen LogP contribution is 2.32. The van der Waals surface area contributed by atoms with Gasteiger partial charge < -0.3 is 4.74 Å². The van der Waals surface area contributed by atoms with Gasteiger partial charge in [0, 0.05) is 16.1 Å². The Kier molecular flexibility index (Phi) is 4.64. The number of para-hydroxylation sites is 1. The number of nitrogens with zero attached hydrogens (tertiary/aromatic N) is 1. The number of carbonyl (C=O) groups excluding carboxylic acids is 1. The molecule has 1 aliphatic carbocycles. The Labute approximate surface area is 158 Å². The highest BCUT2D eigenvalue weighted by molar-refractivity contribution is 6.30. The lowest BCUT2D eigenvalue weighted by molar-refractivity contribution is 0.0473. The Hall–Kier alpha value is -2.39. The summed E-state index contributed by atoms with van der Waals surface area (Å²) in [4.78, 5) is 17.8. The molecule has 132 valence electrons. The molecule has 0 unspecified atom stereocenters. The molecular weight excluding hydrogens is 346 g/mol. The number of carbonyl (C=O) groups is 1. The van der Waals surface area contributed by atoms with Crippen LogP contribution in [0.2, 0.25) is 5.02 Å². The van der Waals surface area contributed by atoms with Gasteiger partial charge in [-0.2, -0.15) is 0 Å². The number of benzene rings is 2. The van der Waals surface area contributed by atoms with E-state index in [1.165, 1.54) is 0 Å². The molecule has 0 spiro atoms. The van der Waals surface area contributed by atoms with E-state index < -0.39 is 0 Å². The van der Waals surface area contributed by atoms with Gasteiger partial charge in [-0.1, -0.05) is 48.9 Å². The molecule has 0 saturated carbocycles. The van der Waals surface area contributed by atoms with Crippen LogP contribution in [0.4, 0.5) is 0 Å². The van der Waals surface area contributed by atoms with Gasteiger partial charge in [0.05, 0.1) is 11.1 Å². The lowest BCUT2D eigenvalue weighted by Crippen LogP contribution is -2.19. The second-order valence-corrected chi connectivity index (χ2v) is 7.42. The normalized spacial score (nSPS) is 16.3. The smallest absolute Gasteiger partial charge is 0.339 e. The Bertz CT molecular complexity index is 966. The summed E-state index contributed by atoms with van der Waals surface area (Å²) in [7, 11) is 0. The zero-order chi connectivity index (χ0) is 18.1.